The maximum Gasteiger partial charge on any atom is 0.147 e. The Morgan fingerprint density at radius 3 is 2.58 bits per heavy atom. The minimum absolute atomic E-state index is 0.531. The molecule has 2 aromatic rings. The first-order chi connectivity index (χ1) is 9.10. The molecule has 0 aliphatic rings. The van der Waals surface area contributed by atoms with Crippen molar-refractivity contribution in [3.05, 3.63) is 56.5 Å². The molecule has 2 aromatic carbocycles. The maximum atomic E-state index is 6.11. The normalized spacial score (nSPS) is 10.5. The van der Waals surface area contributed by atoms with E-state index in [1.807, 2.05) is 24.3 Å². The van der Waals surface area contributed by atoms with Crippen molar-refractivity contribution in [2.75, 3.05) is 6.54 Å². The highest BCUT2D eigenvalue weighted by atomic mass is 79.9. The van der Waals surface area contributed by atoms with Crippen molar-refractivity contribution in [1.82, 2.24) is 0 Å². The molecule has 2 N–H and O–H groups in total. The topological polar surface area (TPSA) is 35.2 Å². The van der Waals surface area contributed by atoms with Crippen LogP contribution in [-0.2, 0) is 6.42 Å². The third-order valence-electron chi connectivity index (χ3n) is 2.55. The second-order valence-electron chi connectivity index (χ2n) is 3.97. The Kier molecular flexibility index (Phi) is 5.11. The lowest BCUT2D eigenvalue weighted by molar-refractivity contribution is 0.476. The molecular formula is C14H12BrCl2NO. The standard InChI is InChI=1S/C14H12BrCl2NO/c15-10-1-3-12(17)14(8-10)19-13-4-2-11(16)7-9(13)5-6-18/h1-4,7-8H,5-6,18H2. The summed E-state index contributed by atoms with van der Waals surface area (Å²) in [6, 6.07) is 10.9. The molecule has 0 heterocycles. The average molecular weight is 361 g/mol. The van der Waals surface area contributed by atoms with E-state index < -0.39 is 0 Å². The lowest BCUT2D eigenvalue weighted by Gasteiger charge is -2.12. The molecule has 0 amide bonds. The van der Waals surface area contributed by atoms with Crippen LogP contribution in [-0.4, -0.2) is 6.54 Å². The third-order valence-corrected chi connectivity index (χ3v) is 3.59. The van der Waals surface area contributed by atoms with Crippen molar-refractivity contribution in [3.8, 4) is 11.5 Å². The third kappa shape index (κ3) is 3.86. The predicted octanol–water partition coefficient (Wildman–Crippen LogP) is 5.05. The van der Waals surface area contributed by atoms with Crippen LogP contribution in [0.1, 0.15) is 5.56 Å². The van der Waals surface area contributed by atoms with Gasteiger partial charge >= 0.3 is 0 Å². The van der Waals surface area contributed by atoms with E-state index >= 15 is 0 Å². The minimum Gasteiger partial charge on any atom is -0.455 e. The molecule has 0 unspecified atom stereocenters. The van der Waals surface area contributed by atoms with Crippen LogP contribution in [0.2, 0.25) is 10.0 Å². The molecule has 0 radical (unpaired) electrons. The summed E-state index contributed by atoms with van der Waals surface area (Å²) in [5, 5.41) is 1.22. The maximum absolute atomic E-state index is 6.11. The largest absolute Gasteiger partial charge is 0.455 e. The van der Waals surface area contributed by atoms with Crippen LogP contribution in [0.4, 0.5) is 0 Å². The van der Waals surface area contributed by atoms with Gasteiger partial charge in [0.15, 0.2) is 0 Å². The molecule has 5 heteroatoms. The van der Waals surface area contributed by atoms with Gasteiger partial charge in [0, 0.05) is 9.50 Å². The van der Waals surface area contributed by atoms with Gasteiger partial charge in [-0.25, -0.2) is 0 Å². The van der Waals surface area contributed by atoms with Gasteiger partial charge in [-0.15, -0.1) is 0 Å². The fourth-order valence-electron chi connectivity index (χ4n) is 1.67. The van der Waals surface area contributed by atoms with E-state index in [0.29, 0.717) is 28.8 Å². The number of halogens is 3. The Labute approximate surface area is 130 Å². The first kappa shape index (κ1) is 14.7. The van der Waals surface area contributed by atoms with Crippen molar-refractivity contribution in [1.29, 1.82) is 0 Å². The van der Waals surface area contributed by atoms with Gasteiger partial charge in [0.1, 0.15) is 11.5 Å². The van der Waals surface area contributed by atoms with Gasteiger partial charge in [-0.1, -0.05) is 39.1 Å². The van der Waals surface area contributed by atoms with E-state index in [-0.39, 0.29) is 0 Å². The lowest BCUT2D eigenvalue weighted by atomic mass is 10.1. The summed E-state index contributed by atoms with van der Waals surface area (Å²) in [5.41, 5.74) is 6.56. The number of hydrogen-bond acceptors (Lipinski definition) is 2. The summed E-state index contributed by atoms with van der Waals surface area (Å²) in [7, 11) is 0. The summed E-state index contributed by atoms with van der Waals surface area (Å²) < 4.78 is 6.76. The van der Waals surface area contributed by atoms with Crippen molar-refractivity contribution < 1.29 is 4.74 Å². The van der Waals surface area contributed by atoms with Gasteiger partial charge in [-0.3, -0.25) is 0 Å². The van der Waals surface area contributed by atoms with Crippen molar-refractivity contribution in [2.24, 2.45) is 5.73 Å². The quantitative estimate of drug-likeness (QED) is 0.827. The zero-order valence-electron chi connectivity index (χ0n) is 10.00. The number of rotatable bonds is 4. The van der Waals surface area contributed by atoms with Gasteiger partial charge in [0.25, 0.3) is 0 Å². The molecule has 2 nitrogen and oxygen atoms in total. The second-order valence-corrected chi connectivity index (χ2v) is 5.73. The average Bonchev–Trinajstić information content (AvgIpc) is 2.37. The van der Waals surface area contributed by atoms with Crippen molar-refractivity contribution >= 4 is 39.1 Å². The van der Waals surface area contributed by atoms with Crippen LogP contribution in [0, 0.1) is 0 Å². The lowest BCUT2D eigenvalue weighted by Crippen LogP contribution is -2.04. The van der Waals surface area contributed by atoms with Gasteiger partial charge in [0.05, 0.1) is 5.02 Å². The number of hydrogen-bond donors (Lipinski definition) is 1. The highest BCUT2D eigenvalue weighted by Crippen LogP contribution is 2.34. The van der Waals surface area contributed by atoms with Gasteiger partial charge in [0.2, 0.25) is 0 Å². The molecule has 0 atom stereocenters. The van der Waals surface area contributed by atoms with E-state index in [1.165, 1.54) is 0 Å². The summed E-state index contributed by atoms with van der Waals surface area (Å²) >= 11 is 15.5. The van der Waals surface area contributed by atoms with Crippen LogP contribution in [0.25, 0.3) is 0 Å². The molecule has 0 aromatic heterocycles. The summed E-state index contributed by atoms with van der Waals surface area (Å²) in [5.74, 6) is 1.31. The molecule has 0 fully saturated rings. The fourth-order valence-corrected chi connectivity index (χ4v) is 2.36. The molecular weight excluding hydrogens is 349 g/mol. The highest BCUT2D eigenvalue weighted by molar-refractivity contribution is 9.10. The van der Waals surface area contributed by atoms with Crippen LogP contribution in [0.15, 0.2) is 40.9 Å². The predicted molar refractivity (Wildman–Crippen MR) is 83.4 cm³/mol. The molecule has 0 saturated heterocycles. The van der Waals surface area contributed by atoms with Gasteiger partial charge < -0.3 is 10.5 Å². The van der Waals surface area contributed by atoms with Crippen molar-refractivity contribution in [2.45, 2.75) is 6.42 Å². The number of ether oxygens (including phenoxy) is 1. The van der Waals surface area contributed by atoms with Crippen LogP contribution < -0.4 is 10.5 Å². The molecule has 19 heavy (non-hydrogen) atoms. The Bertz CT molecular complexity index is 590. The fraction of sp³-hybridized carbons (Fsp3) is 0.143. The zero-order valence-corrected chi connectivity index (χ0v) is 13.1. The van der Waals surface area contributed by atoms with Gasteiger partial charge in [-0.2, -0.15) is 0 Å². The van der Waals surface area contributed by atoms with Crippen molar-refractivity contribution in [3.63, 3.8) is 0 Å². The molecule has 0 aliphatic carbocycles. The van der Waals surface area contributed by atoms with E-state index in [0.717, 1.165) is 15.8 Å². The second kappa shape index (κ2) is 6.62. The summed E-state index contributed by atoms with van der Waals surface area (Å²) in [4.78, 5) is 0. The molecule has 0 spiro atoms. The van der Waals surface area contributed by atoms with E-state index in [2.05, 4.69) is 15.9 Å². The highest BCUT2D eigenvalue weighted by Gasteiger charge is 2.08. The van der Waals surface area contributed by atoms with Gasteiger partial charge in [-0.05, 0) is 54.9 Å². The Morgan fingerprint density at radius 1 is 1.05 bits per heavy atom. The Balaban J connectivity index is 2.34. The number of nitrogens with two attached hydrogens (primary N) is 1. The summed E-state index contributed by atoms with van der Waals surface area (Å²) in [6.07, 6.45) is 0.696. The van der Waals surface area contributed by atoms with Crippen LogP contribution in [0.5, 0.6) is 11.5 Å². The number of benzene rings is 2. The van der Waals surface area contributed by atoms with E-state index in [9.17, 15) is 0 Å². The molecule has 2 rings (SSSR count). The smallest absolute Gasteiger partial charge is 0.147 e. The van der Waals surface area contributed by atoms with E-state index in [1.54, 1.807) is 12.1 Å². The van der Waals surface area contributed by atoms with Crippen LogP contribution in [0.3, 0.4) is 0 Å². The first-order valence-corrected chi connectivity index (χ1v) is 7.26. The Hall–Kier alpha value is -0.740. The molecule has 0 aliphatic heterocycles. The molecule has 0 saturated carbocycles. The summed E-state index contributed by atoms with van der Waals surface area (Å²) in [6.45, 7) is 0.531. The minimum atomic E-state index is 0.531. The Morgan fingerprint density at radius 2 is 1.84 bits per heavy atom. The molecule has 0 bridgehead atoms. The first-order valence-electron chi connectivity index (χ1n) is 5.71. The van der Waals surface area contributed by atoms with E-state index in [4.69, 9.17) is 33.7 Å². The van der Waals surface area contributed by atoms with Crippen LogP contribution >= 0.6 is 39.1 Å². The zero-order chi connectivity index (χ0) is 13.8. The molecule has 100 valence electrons. The monoisotopic (exact) mass is 359 g/mol. The SMILES string of the molecule is NCCc1cc(Cl)ccc1Oc1cc(Br)ccc1Cl.